The Hall–Kier alpha value is -2.05. The van der Waals surface area contributed by atoms with Crippen molar-refractivity contribution in [3.05, 3.63) is 29.5 Å². The Kier molecular flexibility index (Phi) is 6.42. The number of ether oxygens (including phenoxy) is 2. The number of morpholine rings is 1. The summed E-state index contributed by atoms with van der Waals surface area (Å²) in [5.41, 5.74) is 2.26. The summed E-state index contributed by atoms with van der Waals surface area (Å²) in [7, 11) is 0. The molecule has 0 spiro atoms. The molecular weight excluding hydrogens is 404 g/mol. The van der Waals surface area contributed by atoms with Crippen LogP contribution in [0.2, 0.25) is 0 Å². The molecule has 2 atom stereocenters. The molecule has 2 saturated heterocycles. The van der Waals surface area contributed by atoms with E-state index in [9.17, 15) is 4.79 Å². The number of aryl methyl sites for hydroxylation is 2. The summed E-state index contributed by atoms with van der Waals surface area (Å²) in [6.07, 6.45) is 7.27. The summed E-state index contributed by atoms with van der Waals surface area (Å²) in [6.45, 7) is 9.22. The van der Waals surface area contributed by atoms with Crippen LogP contribution in [0.25, 0.3) is 11.0 Å². The van der Waals surface area contributed by atoms with Crippen molar-refractivity contribution >= 4 is 16.9 Å². The zero-order valence-corrected chi connectivity index (χ0v) is 19.5. The van der Waals surface area contributed by atoms with Gasteiger partial charge in [0.1, 0.15) is 17.1 Å². The van der Waals surface area contributed by atoms with Gasteiger partial charge in [-0.2, -0.15) is 0 Å². The largest absolute Gasteiger partial charge is 0.484 e. The lowest BCUT2D eigenvalue weighted by atomic mass is 9.95. The minimum atomic E-state index is 0.0892. The van der Waals surface area contributed by atoms with Gasteiger partial charge in [-0.3, -0.25) is 9.69 Å². The lowest BCUT2D eigenvalue weighted by Crippen LogP contribution is -2.49. The van der Waals surface area contributed by atoms with Gasteiger partial charge >= 0.3 is 0 Å². The molecule has 1 amide bonds. The third-order valence-corrected chi connectivity index (χ3v) is 7.27. The first-order valence-corrected chi connectivity index (χ1v) is 12.4. The van der Waals surface area contributed by atoms with E-state index < -0.39 is 0 Å². The highest BCUT2D eigenvalue weighted by molar-refractivity contribution is 5.84. The Morgan fingerprint density at radius 3 is 2.62 bits per heavy atom. The molecular formula is C26H36N2O4. The summed E-state index contributed by atoms with van der Waals surface area (Å²) < 4.78 is 17.8. The minimum Gasteiger partial charge on any atom is -0.484 e. The highest BCUT2D eigenvalue weighted by atomic mass is 16.5. The van der Waals surface area contributed by atoms with Crippen LogP contribution in [0.15, 0.2) is 22.6 Å². The van der Waals surface area contributed by atoms with E-state index in [-0.39, 0.29) is 12.5 Å². The topological polar surface area (TPSA) is 55.2 Å². The molecule has 0 bridgehead atoms. The van der Waals surface area contributed by atoms with Gasteiger partial charge in [-0.15, -0.1) is 0 Å². The molecule has 0 radical (unpaired) electrons. The Bertz CT molecular complexity index is 937. The fraction of sp³-hybridized carbons (Fsp3) is 0.654. The fourth-order valence-corrected chi connectivity index (χ4v) is 5.73. The van der Waals surface area contributed by atoms with E-state index in [1.54, 1.807) is 0 Å². The number of furan rings is 1. The van der Waals surface area contributed by atoms with Gasteiger partial charge < -0.3 is 18.8 Å². The molecule has 0 saturated carbocycles. The van der Waals surface area contributed by atoms with Crippen molar-refractivity contribution in [3.63, 3.8) is 0 Å². The van der Waals surface area contributed by atoms with Gasteiger partial charge in [0.15, 0.2) is 6.61 Å². The molecule has 2 fully saturated rings. The smallest absolute Gasteiger partial charge is 0.260 e. The Morgan fingerprint density at radius 2 is 1.84 bits per heavy atom. The maximum atomic E-state index is 12.8. The molecule has 32 heavy (non-hydrogen) atoms. The predicted molar refractivity (Wildman–Crippen MR) is 124 cm³/mol. The van der Waals surface area contributed by atoms with Gasteiger partial charge in [0.2, 0.25) is 0 Å². The van der Waals surface area contributed by atoms with E-state index in [2.05, 4.69) is 18.7 Å². The van der Waals surface area contributed by atoms with Crippen LogP contribution in [0.5, 0.6) is 5.75 Å². The standard InChI is InChI=1S/C26H36N2O4/c1-18-14-27(15-19(2)31-18)16-20-9-11-28(12-10-20)26(29)17-30-21-7-8-25-23(13-21)22-5-3-4-6-24(22)32-25/h7-8,13,18-20H,3-6,9-12,14-17H2,1-2H3. The molecule has 2 aliphatic heterocycles. The van der Waals surface area contributed by atoms with E-state index in [1.807, 2.05) is 23.1 Å². The second kappa shape index (κ2) is 9.44. The summed E-state index contributed by atoms with van der Waals surface area (Å²) in [4.78, 5) is 17.3. The van der Waals surface area contributed by atoms with Crippen LogP contribution in [0.4, 0.5) is 0 Å². The van der Waals surface area contributed by atoms with Crippen molar-refractivity contribution in [1.29, 1.82) is 0 Å². The van der Waals surface area contributed by atoms with Crippen molar-refractivity contribution in [2.45, 2.75) is 64.6 Å². The Balaban J connectivity index is 1.11. The van der Waals surface area contributed by atoms with Gasteiger partial charge in [0.05, 0.1) is 12.2 Å². The number of hydrogen-bond donors (Lipinski definition) is 0. The number of benzene rings is 1. The Morgan fingerprint density at radius 1 is 1.09 bits per heavy atom. The van der Waals surface area contributed by atoms with Crippen molar-refractivity contribution in [3.8, 4) is 5.75 Å². The molecule has 5 rings (SSSR count). The fourth-order valence-electron chi connectivity index (χ4n) is 5.73. The van der Waals surface area contributed by atoms with Crippen LogP contribution in [0.3, 0.4) is 0 Å². The molecule has 1 aromatic heterocycles. The second-order valence-corrected chi connectivity index (χ2v) is 9.96. The SMILES string of the molecule is CC1CN(CC2CCN(C(=O)COc3ccc4oc5c(c4c3)CCCC5)CC2)CC(C)O1. The zero-order chi connectivity index (χ0) is 22.1. The molecule has 2 unspecified atom stereocenters. The molecule has 0 N–H and O–H groups in total. The second-order valence-electron chi connectivity index (χ2n) is 9.96. The molecule has 3 heterocycles. The lowest BCUT2D eigenvalue weighted by Gasteiger charge is -2.39. The van der Waals surface area contributed by atoms with Gasteiger partial charge in [-0.1, -0.05) is 0 Å². The van der Waals surface area contributed by atoms with E-state index in [0.29, 0.717) is 18.1 Å². The van der Waals surface area contributed by atoms with Crippen LogP contribution < -0.4 is 4.74 Å². The first-order valence-electron chi connectivity index (χ1n) is 12.4. The monoisotopic (exact) mass is 440 g/mol. The third kappa shape index (κ3) is 4.81. The average Bonchev–Trinajstić information content (AvgIpc) is 3.15. The predicted octanol–water partition coefficient (Wildman–Crippen LogP) is 4.04. The number of amides is 1. The number of likely N-dealkylation sites (tertiary alicyclic amines) is 1. The van der Waals surface area contributed by atoms with Crippen LogP contribution in [0, 0.1) is 5.92 Å². The summed E-state index contributed by atoms with van der Waals surface area (Å²) in [6, 6.07) is 5.94. The maximum Gasteiger partial charge on any atom is 0.260 e. The van der Waals surface area contributed by atoms with Crippen LogP contribution >= 0.6 is 0 Å². The van der Waals surface area contributed by atoms with E-state index in [4.69, 9.17) is 13.9 Å². The third-order valence-electron chi connectivity index (χ3n) is 7.27. The first kappa shape index (κ1) is 21.8. The van der Waals surface area contributed by atoms with E-state index in [1.165, 1.54) is 18.4 Å². The van der Waals surface area contributed by atoms with Crippen molar-refractivity contribution in [2.75, 3.05) is 39.3 Å². The normalized spacial score (nSPS) is 25.1. The molecule has 3 aliphatic rings. The van der Waals surface area contributed by atoms with E-state index >= 15 is 0 Å². The number of carbonyl (C=O) groups excluding carboxylic acids is 1. The summed E-state index contributed by atoms with van der Waals surface area (Å²) in [5.74, 6) is 2.63. The Labute approximate surface area is 190 Å². The highest BCUT2D eigenvalue weighted by Crippen LogP contribution is 2.34. The molecule has 2 aromatic rings. The number of piperidine rings is 1. The highest BCUT2D eigenvalue weighted by Gasteiger charge is 2.28. The number of hydrogen-bond acceptors (Lipinski definition) is 5. The molecule has 174 valence electrons. The van der Waals surface area contributed by atoms with Crippen molar-refractivity contribution in [1.82, 2.24) is 9.80 Å². The van der Waals surface area contributed by atoms with Crippen LogP contribution in [-0.2, 0) is 22.4 Å². The van der Waals surface area contributed by atoms with Gasteiger partial charge in [0, 0.05) is 50.1 Å². The number of rotatable bonds is 5. The molecule has 6 nitrogen and oxygen atoms in total. The average molecular weight is 441 g/mol. The van der Waals surface area contributed by atoms with Gasteiger partial charge in [-0.05, 0) is 70.1 Å². The number of carbonyl (C=O) groups is 1. The van der Waals surface area contributed by atoms with E-state index in [0.717, 1.165) is 80.9 Å². The van der Waals surface area contributed by atoms with Crippen molar-refractivity contribution in [2.24, 2.45) is 5.92 Å². The summed E-state index contributed by atoms with van der Waals surface area (Å²) in [5, 5.41) is 1.15. The number of fused-ring (bicyclic) bond motifs is 3. The van der Waals surface area contributed by atoms with Gasteiger partial charge in [0.25, 0.3) is 5.91 Å². The number of nitrogens with zero attached hydrogens (tertiary/aromatic N) is 2. The van der Waals surface area contributed by atoms with Crippen LogP contribution in [0.1, 0.15) is 50.9 Å². The molecule has 1 aliphatic carbocycles. The van der Waals surface area contributed by atoms with Gasteiger partial charge in [-0.25, -0.2) is 0 Å². The van der Waals surface area contributed by atoms with Crippen LogP contribution in [-0.4, -0.2) is 67.2 Å². The van der Waals surface area contributed by atoms with Crippen molar-refractivity contribution < 1.29 is 18.7 Å². The summed E-state index contributed by atoms with van der Waals surface area (Å²) >= 11 is 0. The first-order chi connectivity index (χ1) is 15.5. The maximum absolute atomic E-state index is 12.8. The lowest BCUT2D eigenvalue weighted by molar-refractivity contribution is -0.135. The zero-order valence-electron chi connectivity index (χ0n) is 19.5. The molecule has 6 heteroatoms. The molecule has 1 aromatic carbocycles. The quantitative estimate of drug-likeness (QED) is 0.702. The minimum absolute atomic E-state index is 0.0892.